The fraction of sp³-hybridized carbons (Fsp3) is 0.357. The van der Waals surface area contributed by atoms with Crippen LogP contribution in [0.3, 0.4) is 0 Å². The van der Waals surface area contributed by atoms with E-state index in [-0.39, 0.29) is 6.54 Å². The Morgan fingerprint density at radius 2 is 1.85 bits per heavy atom. The van der Waals surface area contributed by atoms with Crippen LogP contribution in [0, 0.1) is 27.7 Å². The molecule has 6 heteroatoms. The second-order valence-electron chi connectivity index (χ2n) is 4.81. The fourth-order valence-electron chi connectivity index (χ4n) is 1.86. The first-order valence-corrected chi connectivity index (χ1v) is 8.59. The van der Waals surface area contributed by atoms with Crippen molar-refractivity contribution in [3.8, 4) is 0 Å². The van der Waals surface area contributed by atoms with E-state index in [9.17, 15) is 8.42 Å². The summed E-state index contributed by atoms with van der Waals surface area (Å²) in [7, 11) is -3.48. The Balaban J connectivity index is 2.19. The molecular formula is C14H18N2O2S2. The van der Waals surface area contributed by atoms with Crippen molar-refractivity contribution in [1.29, 1.82) is 0 Å². The van der Waals surface area contributed by atoms with Gasteiger partial charge in [0.2, 0.25) is 10.0 Å². The lowest BCUT2D eigenvalue weighted by atomic mass is 10.1. The second-order valence-corrected chi connectivity index (χ2v) is 7.87. The number of nitrogens with one attached hydrogen (secondary N) is 1. The molecule has 108 valence electrons. The van der Waals surface area contributed by atoms with E-state index in [4.69, 9.17) is 0 Å². The van der Waals surface area contributed by atoms with Crippen molar-refractivity contribution in [2.45, 2.75) is 39.1 Å². The highest BCUT2D eigenvalue weighted by molar-refractivity contribution is 7.89. The van der Waals surface area contributed by atoms with Crippen molar-refractivity contribution in [3.63, 3.8) is 0 Å². The lowest BCUT2D eigenvalue weighted by molar-refractivity contribution is 0.581. The minimum atomic E-state index is -3.48. The normalized spacial score (nSPS) is 11.8. The number of thiazole rings is 1. The molecule has 0 saturated carbocycles. The predicted octanol–water partition coefficient (Wildman–Crippen LogP) is 2.86. The van der Waals surface area contributed by atoms with Crippen molar-refractivity contribution in [1.82, 2.24) is 9.71 Å². The van der Waals surface area contributed by atoms with Crippen LogP contribution in [0.2, 0.25) is 0 Å². The van der Waals surface area contributed by atoms with E-state index in [1.165, 1.54) is 11.3 Å². The van der Waals surface area contributed by atoms with Crippen LogP contribution >= 0.6 is 11.3 Å². The summed E-state index contributed by atoms with van der Waals surface area (Å²) in [5, 5.41) is 0.947. The second kappa shape index (κ2) is 5.63. The topological polar surface area (TPSA) is 59.1 Å². The van der Waals surface area contributed by atoms with Crippen LogP contribution in [0.15, 0.2) is 23.1 Å². The molecule has 1 N–H and O–H groups in total. The third kappa shape index (κ3) is 3.26. The Labute approximate surface area is 123 Å². The van der Waals surface area contributed by atoms with Gasteiger partial charge in [0.1, 0.15) is 0 Å². The zero-order chi connectivity index (χ0) is 14.9. The van der Waals surface area contributed by atoms with Gasteiger partial charge in [0.15, 0.2) is 0 Å². The number of aryl methyl sites for hydroxylation is 4. The average Bonchev–Trinajstić information content (AvgIpc) is 2.69. The summed E-state index contributed by atoms with van der Waals surface area (Å²) in [6, 6.07) is 5.16. The molecule has 0 unspecified atom stereocenters. The summed E-state index contributed by atoms with van der Waals surface area (Å²) in [6.45, 7) is 7.96. The first-order valence-electron chi connectivity index (χ1n) is 6.29. The molecule has 0 aliphatic rings. The number of aromatic nitrogens is 1. The van der Waals surface area contributed by atoms with E-state index < -0.39 is 10.0 Å². The van der Waals surface area contributed by atoms with Gasteiger partial charge in [-0.15, -0.1) is 11.3 Å². The lowest BCUT2D eigenvalue weighted by Crippen LogP contribution is -2.23. The lowest BCUT2D eigenvalue weighted by Gasteiger charge is -2.08. The van der Waals surface area contributed by atoms with Gasteiger partial charge in [0.25, 0.3) is 0 Å². The Kier molecular flexibility index (Phi) is 4.27. The van der Waals surface area contributed by atoms with E-state index in [0.717, 1.165) is 26.7 Å². The van der Waals surface area contributed by atoms with Crippen molar-refractivity contribution >= 4 is 21.4 Å². The highest BCUT2D eigenvalue weighted by atomic mass is 32.2. The van der Waals surface area contributed by atoms with Crippen LogP contribution in [0.4, 0.5) is 0 Å². The van der Waals surface area contributed by atoms with E-state index in [0.29, 0.717) is 4.90 Å². The van der Waals surface area contributed by atoms with Gasteiger partial charge in [0, 0.05) is 11.4 Å². The van der Waals surface area contributed by atoms with Gasteiger partial charge in [-0.05, 0) is 51.0 Å². The summed E-state index contributed by atoms with van der Waals surface area (Å²) in [5.74, 6) is 0. The molecule has 0 spiro atoms. The van der Waals surface area contributed by atoms with Gasteiger partial charge in [-0.1, -0.05) is 6.07 Å². The Hall–Kier alpha value is -1.24. The molecule has 1 aromatic carbocycles. The maximum absolute atomic E-state index is 12.3. The van der Waals surface area contributed by atoms with E-state index in [1.807, 2.05) is 33.8 Å². The molecule has 0 fully saturated rings. The SMILES string of the molecule is Cc1nc(C)c(CNS(=O)(=O)c2ccc(C)c(C)c2)s1. The number of hydrogen-bond donors (Lipinski definition) is 1. The molecule has 0 aliphatic heterocycles. The van der Waals surface area contributed by atoms with Crippen LogP contribution in [-0.4, -0.2) is 13.4 Å². The standard InChI is InChI=1S/C14H18N2O2S2/c1-9-5-6-13(7-10(9)2)20(17,18)15-8-14-11(3)16-12(4)19-14/h5-7,15H,8H2,1-4H3. The Bertz CT molecular complexity index is 734. The number of sulfonamides is 1. The van der Waals surface area contributed by atoms with Gasteiger partial charge >= 0.3 is 0 Å². The van der Waals surface area contributed by atoms with Gasteiger partial charge < -0.3 is 0 Å². The largest absolute Gasteiger partial charge is 0.247 e. The average molecular weight is 310 g/mol. The molecule has 0 bridgehead atoms. The molecule has 0 radical (unpaired) electrons. The monoisotopic (exact) mass is 310 g/mol. The molecule has 20 heavy (non-hydrogen) atoms. The first-order chi connectivity index (χ1) is 9.29. The summed E-state index contributed by atoms with van der Waals surface area (Å²) in [5.41, 5.74) is 2.94. The van der Waals surface area contributed by atoms with E-state index >= 15 is 0 Å². The predicted molar refractivity (Wildman–Crippen MR) is 81.5 cm³/mol. The van der Waals surface area contributed by atoms with Crippen LogP contribution < -0.4 is 4.72 Å². The molecule has 4 nitrogen and oxygen atoms in total. The van der Waals surface area contributed by atoms with E-state index in [1.54, 1.807) is 12.1 Å². The zero-order valence-corrected chi connectivity index (χ0v) is 13.7. The molecule has 2 aromatic rings. The molecule has 1 aromatic heterocycles. The maximum atomic E-state index is 12.3. The smallest absolute Gasteiger partial charge is 0.240 e. The number of nitrogens with zero attached hydrogens (tertiary/aromatic N) is 1. The highest BCUT2D eigenvalue weighted by Gasteiger charge is 2.15. The van der Waals surface area contributed by atoms with Crippen molar-refractivity contribution in [3.05, 3.63) is 44.9 Å². The third-order valence-electron chi connectivity index (χ3n) is 3.21. The zero-order valence-electron chi connectivity index (χ0n) is 12.0. The van der Waals surface area contributed by atoms with Crippen molar-refractivity contribution in [2.75, 3.05) is 0 Å². The van der Waals surface area contributed by atoms with Gasteiger partial charge in [-0.2, -0.15) is 0 Å². The summed E-state index contributed by atoms with van der Waals surface area (Å²) in [6.07, 6.45) is 0. The molecular weight excluding hydrogens is 292 g/mol. The molecule has 0 saturated heterocycles. The quantitative estimate of drug-likeness (QED) is 0.944. The van der Waals surface area contributed by atoms with Crippen LogP contribution in [0.25, 0.3) is 0 Å². The first kappa shape index (κ1) is 15.2. The van der Waals surface area contributed by atoms with Crippen molar-refractivity contribution < 1.29 is 8.42 Å². The van der Waals surface area contributed by atoms with Crippen LogP contribution in [-0.2, 0) is 16.6 Å². The fourth-order valence-corrected chi connectivity index (χ4v) is 3.91. The van der Waals surface area contributed by atoms with Gasteiger partial charge in [-0.3, -0.25) is 0 Å². The number of rotatable bonds is 4. The minimum absolute atomic E-state index is 0.284. The summed E-state index contributed by atoms with van der Waals surface area (Å²) < 4.78 is 27.2. The van der Waals surface area contributed by atoms with Gasteiger partial charge in [-0.25, -0.2) is 18.1 Å². The molecule has 0 aliphatic carbocycles. The van der Waals surface area contributed by atoms with Crippen LogP contribution in [0.5, 0.6) is 0 Å². The molecule has 0 amide bonds. The van der Waals surface area contributed by atoms with Crippen molar-refractivity contribution in [2.24, 2.45) is 0 Å². The molecule has 0 atom stereocenters. The minimum Gasteiger partial charge on any atom is -0.247 e. The highest BCUT2D eigenvalue weighted by Crippen LogP contribution is 2.19. The summed E-state index contributed by atoms with van der Waals surface area (Å²) >= 11 is 1.52. The number of benzene rings is 1. The third-order valence-corrected chi connectivity index (χ3v) is 5.68. The number of hydrogen-bond acceptors (Lipinski definition) is 4. The molecule has 1 heterocycles. The van der Waals surface area contributed by atoms with Gasteiger partial charge in [0.05, 0.1) is 15.6 Å². The van der Waals surface area contributed by atoms with E-state index in [2.05, 4.69) is 9.71 Å². The Morgan fingerprint density at radius 1 is 1.15 bits per heavy atom. The maximum Gasteiger partial charge on any atom is 0.240 e. The Morgan fingerprint density at radius 3 is 2.40 bits per heavy atom. The van der Waals surface area contributed by atoms with Crippen LogP contribution in [0.1, 0.15) is 26.7 Å². The molecule has 2 rings (SSSR count). The summed E-state index contributed by atoms with van der Waals surface area (Å²) in [4.78, 5) is 5.55.